The lowest BCUT2D eigenvalue weighted by Gasteiger charge is -2.21. The van der Waals surface area contributed by atoms with Crippen molar-refractivity contribution >= 4 is 17.4 Å². The molecule has 0 spiro atoms. The lowest BCUT2D eigenvalue weighted by atomic mass is 10.1. The predicted octanol–water partition coefficient (Wildman–Crippen LogP) is 0.00530. The monoisotopic (exact) mass is 247 g/mol. The van der Waals surface area contributed by atoms with Crippen molar-refractivity contribution in [3.63, 3.8) is 0 Å². The van der Waals surface area contributed by atoms with E-state index in [-0.39, 0.29) is 12.0 Å². The molecule has 6 nitrogen and oxygen atoms in total. The van der Waals surface area contributed by atoms with Crippen molar-refractivity contribution in [1.29, 1.82) is 0 Å². The fourth-order valence-electron chi connectivity index (χ4n) is 2.32. The first kappa shape index (κ1) is 11.2. The molecule has 1 amide bonds. The van der Waals surface area contributed by atoms with E-state index in [1.807, 2.05) is 17.6 Å². The van der Waals surface area contributed by atoms with Crippen molar-refractivity contribution in [3.8, 4) is 0 Å². The van der Waals surface area contributed by atoms with Gasteiger partial charge in [-0.25, -0.2) is 4.58 Å². The van der Waals surface area contributed by atoms with Crippen LogP contribution in [0.15, 0.2) is 24.0 Å². The third-order valence-corrected chi connectivity index (χ3v) is 3.44. The van der Waals surface area contributed by atoms with Crippen LogP contribution in [0.1, 0.15) is 13.3 Å². The third kappa shape index (κ3) is 1.65. The second kappa shape index (κ2) is 4.06. The first-order valence-electron chi connectivity index (χ1n) is 5.98. The lowest BCUT2D eigenvalue weighted by molar-refractivity contribution is -0.378. The van der Waals surface area contributed by atoms with Gasteiger partial charge in [0.05, 0.1) is 18.4 Å². The SMILES string of the molecule is CC1=[N+](c2ccn[nH]2)C=C1C(=O)N1CCC(O)C1. The van der Waals surface area contributed by atoms with Gasteiger partial charge in [0.15, 0.2) is 0 Å². The van der Waals surface area contributed by atoms with E-state index >= 15 is 0 Å². The van der Waals surface area contributed by atoms with Crippen LogP contribution in [0.5, 0.6) is 0 Å². The average Bonchev–Trinajstić information content (AvgIpc) is 2.98. The van der Waals surface area contributed by atoms with Gasteiger partial charge in [0, 0.05) is 13.1 Å². The van der Waals surface area contributed by atoms with E-state index < -0.39 is 0 Å². The fourth-order valence-corrected chi connectivity index (χ4v) is 2.32. The molecule has 2 aliphatic heterocycles. The van der Waals surface area contributed by atoms with Gasteiger partial charge in [-0.3, -0.25) is 4.79 Å². The van der Waals surface area contributed by atoms with Crippen molar-refractivity contribution < 1.29 is 14.5 Å². The van der Waals surface area contributed by atoms with Gasteiger partial charge in [0.2, 0.25) is 0 Å². The number of nitrogens with zero attached hydrogens (tertiary/aromatic N) is 3. The normalized spacial score (nSPS) is 23.1. The highest BCUT2D eigenvalue weighted by Crippen LogP contribution is 2.22. The summed E-state index contributed by atoms with van der Waals surface area (Å²) in [6.07, 6.45) is 3.77. The molecular weight excluding hydrogens is 232 g/mol. The summed E-state index contributed by atoms with van der Waals surface area (Å²) in [5.41, 5.74) is 1.62. The summed E-state index contributed by atoms with van der Waals surface area (Å²) in [5, 5.41) is 16.2. The molecule has 3 rings (SSSR count). The van der Waals surface area contributed by atoms with Gasteiger partial charge in [-0.1, -0.05) is 5.10 Å². The fraction of sp³-hybridized carbons (Fsp3) is 0.417. The maximum Gasteiger partial charge on any atom is 0.306 e. The quantitative estimate of drug-likeness (QED) is 0.723. The van der Waals surface area contributed by atoms with Crippen LogP contribution < -0.4 is 0 Å². The Balaban J connectivity index is 1.73. The van der Waals surface area contributed by atoms with Gasteiger partial charge >= 0.3 is 5.82 Å². The zero-order valence-electron chi connectivity index (χ0n) is 10.1. The summed E-state index contributed by atoms with van der Waals surface area (Å²) in [6.45, 7) is 2.97. The molecule has 1 fully saturated rings. The van der Waals surface area contributed by atoms with Crippen molar-refractivity contribution in [2.45, 2.75) is 19.4 Å². The number of aromatic amines is 1. The van der Waals surface area contributed by atoms with E-state index in [9.17, 15) is 9.90 Å². The Morgan fingerprint density at radius 1 is 1.67 bits per heavy atom. The number of carbonyl (C=O) groups is 1. The topological polar surface area (TPSA) is 72.2 Å². The average molecular weight is 247 g/mol. The highest BCUT2D eigenvalue weighted by Gasteiger charge is 2.34. The van der Waals surface area contributed by atoms with Crippen LogP contribution in [0.3, 0.4) is 0 Å². The molecule has 1 atom stereocenters. The van der Waals surface area contributed by atoms with Crippen LogP contribution in [-0.2, 0) is 4.79 Å². The van der Waals surface area contributed by atoms with E-state index in [0.29, 0.717) is 25.1 Å². The number of rotatable bonds is 2. The summed E-state index contributed by atoms with van der Waals surface area (Å²) in [4.78, 5) is 13.9. The summed E-state index contributed by atoms with van der Waals surface area (Å²) in [7, 11) is 0. The van der Waals surface area contributed by atoms with E-state index in [0.717, 1.165) is 11.5 Å². The molecule has 0 radical (unpaired) electrons. The molecule has 2 N–H and O–H groups in total. The van der Waals surface area contributed by atoms with Gasteiger partial charge in [-0.2, -0.15) is 0 Å². The Morgan fingerprint density at radius 3 is 3.06 bits per heavy atom. The molecule has 1 unspecified atom stereocenters. The molecule has 0 aromatic carbocycles. The van der Waals surface area contributed by atoms with Crippen LogP contribution in [-0.4, -0.2) is 55.6 Å². The molecule has 6 heteroatoms. The number of hydrogen-bond acceptors (Lipinski definition) is 3. The number of aromatic nitrogens is 2. The Labute approximate surface area is 104 Å². The number of hydrogen-bond donors (Lipinski definition) is 2. The standard InChI is InChI=1S/C12H15N4O2/c1-8-10(7-16(8)11-2-4-13-14-11)12(18)15-5-3-9(17)6-15/h2,4,7,9,17H,3,5-6H2,1H3,(H,13,14)/q+1. The molecule has 0 aliphatic carbocycles. The van der Waals surface area contributed by atoms with Gasteiger partial charge in [0.25, 0.3) is 5.91 Å². The minimum atomic E-state index is -0.376. The van der Waals surface area contributed by atoms with Crippen molar-refractivity contribution in [2.24, 2.45) is 0 Å². The second-order valence-corrected chi connectivity index (χ2v) is 4.63. The van der Waals surface area contributed by atoms with E-state index in [2.05, 4.69) is 10.2 Å². The summed E-state index contributed by atoms with van der Waals surface area (Å²) in [5.74, 6) is 0.852. The third-order valence-electron chi connectivity index (χ3n) is 3.44. The number of β-amino-alcohol motifs (C(OH)–C–C–N with tert-alkyl or cyclic N) is 1. The Morgan fingerprint density at radius 2 is 2.50 bits per heavy atom. The van der Waals surface area contributed by atoms with Gasteiger partial charge < -0.3 is 10.0 Å². The zero-order valence-corrected chi connectivity index (χ0v) is 10.1. The van der Waals surface area contributed by atoms with Crippen LogP contribution >= 0.6 is 0 Å². The molecule has 1 aromatic heterocycles. The van der Waals surface area contributed by atoms with Gasteiger partial charge in [-0.05, 0) is 13.3 Å². The Hall–Kier alpha value is -1.95. The number of amides is 1. The molecule has 1 saturated heterocycles. The highest BCUT2D eigenvalue weighted by atomic mass is 16.3. The number of carbonyl (C=O) groups excluding carboxylic acids is 1. The Bertz CT molecular complexity index is 544. The lowest BCUT2D eigenvalue weighted by Crippen LogP contribution is -2.38. The van der Waals surface area contributed by atoms with Crippen LogP contribution in [0, 0.1) is 0 Å². The van der Waals surface area contributed by atoms with Gasteiger partial charge in [-0.15, -0.1) is 5.10 Å². The number of aliphatic hydroxyl groups excluding tert-OH is 1. The summed E-state index contributed by atoms with van der Waals surface area (Å²) in [6, 6.07) is 1.85. The first-order valence-corrected chi connectivity index (χ1v) is 5.98. The molecule has 0 saturated carbocycles. The molecule has 3 heterocycles. The van der Waals surface area contributed by atoms with Crippen molar-refractivity contribution in [3.05, 3.63) is 24.0 Å². The van der Waals surface area contributed by atoms with E-state index in [1.54, 1.807) is 17.3 Å². The largest absolute Gasteiger partial charge is 0.391 e. The van der Waals surface area contributed by atoms with Gasteiger partial charge in [0.1, 0.15) is 17.5 Å². The van der Waals surface area contributed by atoms with E-state index in [1.165, 1.54) is 0 Å². The molecule has 2 aliphatic rings. The zero-order chi connectivity index (χ0) is 12.7. The van der Waals surface area contributed by atoms with E-state index in [4.69, 9.17) is 0 Å². The maximum atomic E-state index is 12.2. The number of H-pyrrole nitrogens is 1. The minimum Gasteiger partial charge on any atom is -0.391 e. The van der Waals surface area contributed by atoms with Crippen molar-refractivity contribution in [2.75, 3.05) is 13.1 Å². The number of likely N-dealkylation sites (tertiary alicyclic amines) is 1. The number of nitrogens with one attached hydrogen (secondary N) is 1. The smallest absolute Gasteiger partial charge is 0.306 e. The molecular formula is C12H15N4O2+. The molecule has 94 valence electrons. The van der Waals surface area contributed by atoms with Crippen molar-refractivity contribution in [1.82, 2.24) is 15.1 Å². The summed E-state index contributed by atoms with van der Waals surface area (Å²) >= 11 is 0. The van der Waals surface area contributed by atoms with Crippen LogP contribution in [0.2, 0.25) is 0 Å². The number of aliphatic hydroxyl groups is 1. The maximum absolute atomic E-state index is 12.2. The predicted molar refractivity (Wildman–Crippen MR) is 64.5 cm³/mol. The Kier molecular flexibility index (Phi) is 2.52. The minimum absolute atomic E-state index is 0.000171. The summed E-state index contributed by atoms with van der Waals surface area (Å²) < 4.78 is 1.90. The van der Waals surface area contributed by atoms with Crippen LogP contribution in [0.4, 0.5) is 5.82 Å². The molecule has 1 aromatic rings. The molecule has 18 heavy (non-hydrogen) atoms. The molecule has 0 bridgehead atoms. The second-order valence-electron chi connectivity index (χ2n) is 4.63. The first-order chi connectivity index (χ1) is 8.66. The van der Waals surface area contributed by atoms with Crippen LogP contribution in [0.25, 0.3) is 0 Å². The highest BCUT2D eigenvalue weighted by molar-refractivity contribution is 6.21.